The van der Waals surface area contributed by atoms with E-state index in [1.165, 1.54) is 6.20 Å². The van der Waals surface area contributed by atoms with E-state index in [2.05, 4.69) is 19.7 Å². The van der Waals surface area contributed by atoms with Crippen molar-refractivity contribution in [1.29, 1.82) is 0 Å². The molecule has 0 saturated carbocycles. The third-order valence-corrected chi connectivity index (χ3v) is 5.56. The van der Waals surface area contributed by atoms with Gasteiger partial charge in [0.15, 0.2) is 0 Å². The highest BCUT2D eigenvalue weighted by molar-refractivity contribution is 7.89. The quantitative estimate of drug-likeness (QED) is 0.882. The van der Waals surface area contributed by atoms with Gasteiger partial charge in [0.25, 0.3) is 15.1 Å². The molecule has 0 aromatic carbocycles. The monoisotopic (exact) mass is 367 g/mol. The first-order chi connectivity index (χ1) is 11.6. The SMILES string of the molecule is Cc1cc(N2CCC(NS(=O)(=O)c3cnc(C(C)(C)C)o3)C2)n(C)n1. The second-order valence-corrected chi connectivity index (χ2v) is 9.20. The summed E-state index contributed by atoms with van der Waals surface area (Å²) in [5, 5.41) is 4.21. The van der Waals surface area contributed by atoms with Gasteiger partial charge in [0.1, 0.15) is 5.82 Å². The predicted molar refractivity (Wildman–Crippen MR) is 94.1 cm³/mol. The Kier molecular flexibility index (Phi) is 4.40. The van der Waals surface area contributed by atoms with Crippen molar-refractivity contribution in [3.05, 3.63) is 23.8 Å². The molecule has 1 N–H and O–H groups in total. The minimum Gasteiger partial charge on any atom is -0.427 e. The third-order valence-electron chi connectivity index (χ3n) is 4.20. The number of aryl methyl sites for hydroxylation is 2. The number of hydrogen-bond acceptors (Lipinski definition) is 6. The van der Waals surface area contributed by atoms with Crippen LogP contribution in [0.3, 0.4) is 0 Å². The maximum absolute atomic E-state index is 12.6. The Balaban J connectivity index is 1.70. The number of nitrogens with zero attached hydrogens (tertiary/aromatic N) is 4. The molecule has 0 radical (unpaired) electrons. The number of oxazole rings is 1. The maximum atomic E-state index is 12.6. The average Bonchev–Trinajstić information content (AvgIpc) is 3.17. The van der Waals surface area contributed by atoms with Crippen LogP contribution in [0.15, 0.2) is 21.8 Å². The first kappa shape index (κ1) is 17.9. The molecule has 9 heteroatoms. The van der Waals surface area contributed by atoms with Gasteiger partial charge in [-0.3, -0.25) is 4.68 Å². The standard InChI is InChI=1S/C16H25N5O3S/c1-11-8-13(20(5)18-11)21-7-6-12(10-21)19-25(22,23)14-9-17-15(24-14)16(2,3)4/h8-9,12,19H,6-7,10H2,1-5H3. The largest absolute Gasteiger partial charge is 0.427 e. The van der Waals surface area contributed by atoms with Crippen LogP contribution in [0.25, 0.3) is 0 Å². The van der Waals surface area contributed by atoms with Gasteiger partial charge in [0, 0.05) is 37.7 Å². The molecule has 1 saturated heterocycles. The van der Waals surface area contributed by atoms with E-state index in [4.69, 9.17) is 4.42 Å². The zero-order chi connectivity index (χ0) is 18.4. The number of nitrogens with one attached hydrogen (secondary N) is 1. The van der Waals surface area contributed by atoms with E-state index in [-0.39, 0.29) is 16.5 Å². The van der Waals surface area contributed by atoms with Crippen molar-refractivity contribution in [3.63, 3.8) is 0 Å². The molecule has 1 aliphatic heterocycles. The Hall–Kier alpha value is -1.87. The van der Waals surface area contributed by atoms with E-state index in [1.54, 1.807) is 0 Å². The van der Waals surface area contributed by atoms with Crippen molar-refractivity contribution >= 4 is 15.8 Å². The Morgan fingerprint density at radius 1 is 1.36 bits per heavy atom. The van der Waals surface area contributed by atoms with Gasteiger partial charge in [-0.15, -0.1) is 0 Å². The fraction of sp³-hybridized carbons (Fsp3) is 0.625. The molecular weight excluding hydrogens is 342 g/mol. The van der Waals surface area contributed by atoms with E-state index in [0.717, 1.165) is 24.5 Å². The molecule has 1 aliphatic rings. The van der Waals surface area contributed by atoms with E-state index >= 15 is 0 Å². The molecule has 0 aliphatic carbocycles. The summed E-state index contributed by atoms with van der Waals surface area (Å²) in [7, 11) is -1.83. The van der Waals surface area contributed by atoms with Gasteiger partial charge in [-0.1, -0.05) is 20.8 Å². The molecule has 2 aromatic heterocycles. The molecule has 0 amide bonds. The molecule has 1 atom stereocenters. The number of rotatable bonds is 4. The molecular formula is C16H25N5O3S. The fourth-order valence-electron chi connectivity index (χ4n) is 2.97. The molecule has 3 rings (SSSR count). The summed E-state index contributed by atoms with van der Waals surface area (Å²) in [6, 6.07) is 1.83. The summed E-state index contributed by atoms with van der Waals surface area (Å²) < 4.78 is 35.1. The van der Waals surface area contributed by atoms with E-state index in [1.807, 2.05) is 45.5 Å². The number of sulfonamides is 1. The van der Waals surface area contributed by atoms with E-state index < -0.39 is 10.0 Å². The van der Waals surface area contributed by atoms with E-state index in [9.17, 15) is 8.42 Å². The van der Waals surface area contributed by atoms with Crippen molar-refractivity contribution in [3.8, 4) is 0 Å². The fourth-order valence-corrected chi connectivity index (χ4v) is 4.09. The summed E-state index contributed by atoms with van der Waals surface area (Å²) in [6.45, 7) is 9.08. The van der Waals surface area contributed by atoms with Crippen molar-refractivity contribution in [2.75, 3.05) is 18.0 Å². The molecule has 2 aromatic rings. The van der Waals surface area contributed by atoms with Gasteiger partial charge in [0.05, 0.1) is 11.9 Å². The highest BCUT2D eigenvalue weighted by Crippen LogP contribution is 2.25. The van der Waals surface area contributed by atoms with Crippen LogP contribution < -0.4 is 9.62 Å². The minimum atomic E-state index is -3.72. The van der Waals surface area contributed by atoms with Crippen LogP contribution >= 0.6 is 0 Å². The molecule has 8 nitrogen and oxygen atoms in total. The Bertz CT molecular complexity index is 863. The van der Waals surface area contributed by atoms with Crippen LogP contribution in [-0.2, 0) is 22.5 Å². The summed E-state index contributed by atoms with van der Waals surface area (Å²) in [5.74, 6) is 1.40. The first-order valence-electron chi connectivity index (χ1n) is 8.30. The Morgan fingerprint density at radius 3 is 2.64 bits per heavy atom. The summed E-state index contributed by atoms with van der Waals surface area (Å²) in [6.07, 6.45) is 2.00. The highest BCUT2D eigenvalue weighted by Gasteiger charge is 2.31. The molecule has 1 fully saturated rings. The Morgan fingerprint density at radius 2 is 2.08 bits per heavy atom. The van der Waals surface area contributed by atoms with Gasteiger partial charge in [-0.2, -0.15) is 5.10 Å². The molecule has 0 spiro atoms. The van der Waals surface area contributed by atoms with Crippen molar-refractivity contribution < 1.29 is 12.8 Å². The molecule has 1 unspecified atom stereocenters. The van der Waals surface area contributed by atoms with Crippen molar-refractivity contribution in [1.82, 2.24) is 19.5 Å². The summed E-state index contributed by atoms with van der Waals surface area (Å²) >= 11 is 0. The second kappa shape index (κ2) is 6.14. The highest BCUT2D eigenvalue weighted by atomic mass is 32.2. The van der Waals surface area contributed by atoms with Gasteiger partial charge >= 0.3 is 0 Å². The van der Waals surface area contributed by atoms with Crippen molar-refractivity contribution in [2.45, 2.75) is 50.7 Å². The summed E-state index contributed by atoms with van der Waals surface area (Å²) in [4.78, 5) is 6.23. The lowest BCUT2D eigenvalue weighted by molar-refractivity contribution is 0.341. The van der Waals surface area contributed by atoms with Crippen LogP contribution in [0.1, 0.15) is 38.8 Å². The van der Waals surface area contributed by atoms with Crippen LogP contribution in [0, 0.1) is 6.92 Å². The Labute approximate surface area is 148 Å². The van der Waals surface area contributed by atoms with Gasteiger partial charge < -0.3 is 9.32 Å². The van der Waals surface area contributed by atoms with Crippen LogP contribution in [0.2, 0.25) is 0 Å². The second-order valence-electron chi connectivity index (χ2n) is 7.55. The normalized spacial score (nSPS) is 18.9. The lowest BCUT2D eigenvalue weighted by atomic mass is 9.97. The topological polar surface area (TPSA) is 93.3 Å². The third kappa shape index (κ3) is 3.72. The lowest BCUT2D eigenvalue weighted by Crippen LogP contribution is -2.37. The maximum Gasteiger partial charge on any atom is 0.275 e. The minimum absolute atomic E-state index is 0.132. The van der Waals surface area contributed by atoms with Crippen molar-refractivity contribution in [2.24, 2.45) is 7.05 Å². The smallest absolute Gasteiger partial charge is 0.275 e. The van der Waals surface area contributed by atoms with Gasteiger partial charge in [-0.05, 0) is 13.3 Å². The zero-order valence-electron chi connectivity index (χ0n) is 15.3. The first-order valence-corrected chi connectivity index (χ1v) is 9.79. The summed E-state index contributed by atoms with van der Waals surface area (Å²) in [5.41, 5.74) is 0.605. The molecule has 0 bridgehead atoms. The molecule has 25 heavy (non-hydrogen) atoms. The number of anilines is 1. The average molecular weight is 367 g/mol. The molecule has 3 heterocycles. The number of aromatic nitrogens is 3. The van der Waals surface area contributed by atoms with E-state index in [0.29, 0.717) is 12.4 Å². The van der Waals surface area contributed by atoms with Gasteiger partial charge in [0.2, 0.25) is 5.89 Å². The van der Waals surface area contributed by atoms with Crippen LogP contribution in [0.4, 0.5) is 5.82 Å². The predicted octanol–water partition coefficient (Wildman–Crippen LogP) is 1.57. The lowest BCUT2D eigenvalue weighted by Gasteiger charge is -2.18. The van der Waals surface area contributed by atoms with Gasteiger partial charge in [-0.25, -0.2) is 18.1 Å². The van der Waals surface area contributed by atoms with Crippen LogP contribution in [-0.4, -0.2) is 42.3 Å². The van der Waals surface area contributed by atoms with Crippen LogP contribution in [0.5, 0.6) is 0 Å². The zero-order valence-corrected chi connectivity index (χ0v) is 16.1. The molecule has 138 valence electrons. The number of hydrogen-bond donors (Lipinski definition) is 1.